The van der Waals surface area contributed by atoms with Crippen molar-refractivity contribution in [2.75, 3.05) is 37.4 Å². The number of hydrogen-bond acceptors (Lipinski definition) is 4. The van der Waals surface area contributed by atoms with Crippen LogP contribution in [0.5, 0.6) is 0 Å². The number of nitrogens with two attached hydrogens (primary N) is 1. The number of nitrogens with zero attached hydrogens (tertiary/aromatic N) is 1. The standard InChI is InChI=1S/C15H22ClN3O2/c1-2-12-10-21-8-7-19(12)6-5-15(20)18-11-3-4-13(16)14(17)9-11/h3-4,9,12H,2,5-8,10,17H2,1H3,(H,18,20). The van der Waals surface area contributed by atoms with Crippen molar-refractivity contribution in [3.05, 3.63) is 23.2 Å². The number of carbonyl (C=O) groups excluding carboxylic acids is 1. The van der Waals surface area contributed by atoms with Gasteiger partial charge in [0.1, 0.15) is 0 Å². The molecule has 21 heavy (non-hydrogen) atoms. The van der Waals surface area contributed by atoms with Crippen molar-refractivity contribution in [2.24, 2.45) is 0 Å². The second kappa shape index (κ2) is 7.64. The first-order valence-corrected chi connectivity index (χ1v) is 7.64. The molecular formula is C15H22ClN3O2. The molecule has 5 nitrogen and oxygen atoms in total. The number of nitrogen functional groups attached to an aromatic ring is 1. The molecule has 1 aliphatic rings. The van der Waals surface area contributed by atoms with Crippen LogP contribution in [-0.4, -0.2) is 43.2 Å². The highest BCUT2D eigenvalue weighted by atomic mass is 35.5. The minimum absolute atomic E-state index is 0.0157. The van der Waals surface area contributed by atoms with Crippen LogP contribution in [0, 0.1) is 0 Å². The van der Waals surface area contributed by atoms with E-state index in [0.717, 1.165) is 32.7 Å². The SMILES string of the molecule is CCC1COCCN1CCC(=O)Nc1ccc(Cl)c(N)c1. The van der Waals surface area contributed by atoms with E-state index in [4.69, 9.17) is 22.1 Å². The lowest BCUT2D eigenvalue weighted by Crippen LogP contribution is -2.46. The smallest absolute Gasteiger partial charge is 0.225 e. The number of hydrogen-bond donors (Lipinski definition) is 2. The number of carbonyl (C=O) groups is 1. The summed E-state index contributed by atoms with van der Waals surface area (Å²) >= 11 is 5.86. The van der Waals surface area contributed by atoms with Gasteiger partial charge in [-0.25, -0.2) is 0 Å². The predicted molar refractivity (Wildman–Crippen MR) is 85.6 cm³/mol. The van der Waals surface area contributed by atoms with E-state index in [0.29, 0.717) is 28.9 Å². The molecule has 0 spiro atoms. The lowest BCUT2D eigenvalue weighted by Gasteiger charge is -2.34. The topological polar surface area (TPSA) is 67.6 Å². The third-order valence-corrected chi connectivity index (χ3v) is 4.07. The summed E-state index contributed by atoms with van der Waals surface area (Å²) in [6, 6.07) is 5.52. The van der Waals surface area contributed by atoms with Crippen LogP contribution in [0.25, 0.3) is 0 Å². The molecule has 0 aliphatic carbocycles. The zero-order chi connectivity index (χ0) is 15.2. The highest BCUT2D eigenvalue weighted by molar-refractivity contribution is 6.33. The minimum Gasteiger partial charge on any atom is -0.397 e. The van der Waals surface area contributed by atoms with Crippen molar-refractivity contribution in [1.29, 1.82) is 0 Å². The van der Waals surface area contributed by atoms with E-state index in [1.165, 1.54) is 0 Å². The van der Waals surface area contributed by atoms with Gasteiger partial charge in [0.05, 0.1) is 23.9 Å². The summed E-state index contributed by atoms with van der Waals surface area (Å²) in [6.07, 6.45) is 1.49. The summed E-state index contributed by atoms with van der Waals surface area (Å²) in [7, 11) is 0. The number of anilines is 2. The Morgan fingerprint density at radius 2 is 2.38 bits per heavy atom. The van der Waals surface area contributed by atoms with Crippen LogP contribution in [0.2, 0.25) is 5.02 Å². The number of morpholine rings is 1. The number of amides is 1. The van der Waals surface area contributed by atoms with Crippen LogP contribution < -0.4 is 11.1 Å². The monoisotopic (exact) mass is 311 g/mol. The van der Waals surface area contributed by atoms with Gasteiger partial charge in [-0.05, 0) is 24.6 Å². The van der Waals surface area contributed by atoms with Crippen LogP contribution in [0.4, 0.5) is 11.4 Å². The molecule has 0 saturated carbocycles. The van der Waals surface area contributed by atoms with Crippen molar-refractivity contribution < 1.29 is 9.53 Å². The molecule has 1 aromatic carbocycles. The number of halogens is 1. The summed E-state index contributed by atoms with van der Waals surface area (Å²) in [5.74, 6) is -0.0157. The Balaban J connectivity index is 1.82. The van der Waals surface area contributed by atoms with Crippen molar-refractivity contribution in [3.8, 4) is 0 Å². The zero-order valence-corrected chi connectivity index (χ0v) is 13.0. The van der Waals surface area contributed by atoms with Crippen LogP contribution in [0.3, 0.4) is 0 Å². The molecule has 0 bridgehead atoms. The second-order valence-electron chi connectivity index (χ2n) is 5.21. The molecule has 1 saturated heterocycles. The van der Waals surface area contributed by atoms with Gasteiger partial charge in [-0.3, -0.25) is 9.69 Å². The van der Waals surface area contributed by atoms with E-state index in [2.05, 4.69) is 17.1 Å². The number of rotatable bonds is 5. The van der Waals surface area contributed by atoms with Crippen LogP contribution >= 0.6 is 11.6 Å². The molecule has 0 radical (unpaired) electrons. The van der Waals surface area contributed by atoms with E-state index < -0.39 is 0 Å². The molecule has 1 atom stereocenters. The molecule has 116 valence electrons. The van der Waals surface area contributed by atoms with Crippen LogP contribution in [0.15, 0.2) is 18.2 Å². The average molecular weight is 312 g/mol. The summed E-state index contributed by atoms with van der Waals surface area (Å²) in [5.41, 5.74) is 6.86. The molecule has 6 heteroatoms. The van der Waals surface area contributed by atoms with Crippen LogP contribution in [0.1, 0.15) is 19.8 Å². The molecule has 1 unspecified atom stereocenters. The maximum absolute atomic E-state index is 12.0. The van der Waals surface area contributed by atoms with Crippen molar-refractivity contribution in [1.82, 2.24) is 4.90 Å². The second-order valence-corrected chi connectivity index (χ2v) is 5.61. The number of nitrogens with one attached hydrogen (secondary N) is 1. The maximum atomic E-state index is 12.0. The molecule has 1 aromatic rings. The van der Waals surface area contributed by atoms with Crippen molar-refractivity contribution in [2.45, 2.75) is 25.8 Å². The van der Waals surface area contributed by atoms with Gasteiger partial charge in [-0.15, -0.1) is 0 Å². The fourth-order valence-corrected chi connectivity index (χ4v) is 2.57. The van der Waals surface area contributed by atoms with E-state index in [1.54, 1.807) is 18.2 Å². The third-order valence-electron chi connectivity index (χ3n) is 3.73. The summed E-state index contributed by atoms with van der Waals surface area (Å²) in [5, 5.41) is 3.34. The molecular weight excluding hydrogens is 290 g/mol. The normalized spacial score (nSPS) is 19.4. The van der Waals surface area contributed by atoms with Crippen molar-refractivity contribution in [3.63, 3.8) is 0 Å². The fraction of sp³-hybridized carbons (Fsp3) is 0.533. The Morgan fingerprint density at radius 3 is 3.10 bits per heavy atom. The van der Waals surface area contributed by atoms with E-state index in [9.17, 15) is 4.79 Å². The van der Waals surface area contributed by atoms with Gasteiger partial charge in [0.2, 0.25) is 5.91 Å². The third kappa shape index (κ3) is 4.59. The van der Waals surface area contributed by atoms with Gasteiger partial charge < -0.3 is 15.8 Å². The zero-order valence-electron chi connectivity index (χ0n) is 12.3. The number of ether oxygens (including phenoxy) is 1. The Bertz CT molecular complexity index is 496. The molecule has 3 N–H and O–H groups in total. The predicted octanol–water partition coefficient (Wildman–Crippen LogP) is 2.36. The fourth-order valence-electron chi connectivity index (χ4n) is 2.45. The average Bonchev–Trinajstić information content (AvgIpc) is 2.49. The number of benzene rings is 1. The van der Waals surface area contributed by atoms with Crippen LogP contribution in [-0.2, 0) is 9.53 Å². The van der Waals surface area contributed by atoms with Gasteiger partial charge in [0, 0.05) is 31.2 Å². The summed E-state index contributed by atoms with van der Waals surface area (Å²) in [6.45, 7) is 5.27. The lowest BCUT2D eigenvalue weighted by molar-refractivity contribution is -0.117. The first-order valence-electron chi connectivity index (χ1n) is 7.26. The summed E-state index contributed by atoms with van der Waals surface area (Å²) in [4.78, 5) is 14.3. The largest absolute Gasteiger partial charge is 0.397 e. The highest BCUT2D eigenvalue weighted by Crippen LogP contribution is 2.22. The molecule has 1 aliphatic heterocycles. The van der Waals surface area contributed by atoms with Gasteiger partial charge in [-0.1, -0.05) is 18.5 Å². The quantitative estimate of drug-likeness (QED) is 0.819. The maximum Gasteiger partial charge on any atom is 0.225 e. The first-order chi connectivity index (χ1) is 10.1. The Kier molecular flexibility index (Phi) is 5.85. The van der Waals surface area contributed by atoms with Gasteiger partial charge in [0.25, 0.3) is 0 Å². The Hall–Kier alpha value is -1.30. The Labute approximate surface area is 130 Å². The molecule has 2 rings (SSSR count). The molecule has 1 amide bonds. The van der Waals surface area contributed by atoms with Gasteiger partial charge in [0.15, 0.2) is 0 Å². The van der Waals surface area contributed by atoms with Gasteiger partial charge >= 0.3 is 0 Å². The molecule has 0 aromatic heterocycles. The summed E-state index contributed by atoms with van der Waals surface area (Å²) < 4.78 is 5.46. The van der Waals surface area contributed by atoms with E-state index >= 15 is 0 Å². The van der Waals surface area contributed by atoms with E-state index in [-0.39, 0.29) is 5.91 Å². The molecule has 1 heterocycles. The Morgan fingerprint density at radius 1 is 1.57 bits per heavy atom. The van der Waals surface area contributed by atoms with Gasteiger partial charge in [-0.2, -0.15) is 0 Å². The first kappa shape index (κ1) is 16.1. The highest BCUT2D eigenvalue weighted by Gasteiger charge is 2.21. The lowest BCUT2D eigenvalue weighted by atomic mass is 10.1. The van der Waals surface area contributed by atoms with Crippen molar-refractivity contribution >= 4 is 28.9 Å². The minimum atomic E-state index is -0.0157. The van der Waals surface area contributed by atoms with E-state index in [1.807, 2.05) is 0 Å². The molecule has 1 fully saturated rings.